The van der Waals surface area contributed by atoms with Gasteiger partial charge in [0.1, 0.15) is 5.82 Å². The van der Waals surface area contributed by atoms with E-state index in [4.69, 9.17) is 0 Å². The molecule has 2 aromatic rings. The number of amides is 2. The average Bonchev–Trinajstić information content (AvgIpc) is 3.39. The smallest absolute Gasteiger partial charge is 0.227 e. The van der Waals surface area contributed by atoms with Crippen molar-refractivity contribution in [1.82, 2.24) is 10.3 Å². The first-order valence-electron chi connectivity index (χ1n) is 10.4. The molecule has 6 nitrogen and oxygen atoms in total. The third-order valence-corrected chi connectivity index (χ3v) is 6.07. The first-order valence-corrected chi connectivity index (χ1v) is 10.4. The number of aryl methyl sites for hydroxylation is 1. The average molecular weight is 393 g/mol. The summed E-state index contributed by atoms with van der Waals surface area (Å²) in [5.41, 5.74) is 4.18. The van der Waals surface area contributed by atoms with Gasteiger partial charge < -0.3 is 15.1 Å². The molecule has 1 atom stereocenters. The van der Waals surface area contributed by atoms with Gasteiger partial charge in [0, 0.05) is 44.5 Å². The molecule has 3 heterocycles. The summed E-state index contributed by atoms with van der Waals surface area (Å²) in [4.78, 5) is 33.8. The van der Waals surface area contributed by atoms with Crippen molar-refractivity contribution in [1.29, 1.82) is 0 Å². The highest BCUT2D eigenvalue weighted by Crippen LogP contribution is 2.29. The molecule has 6 heteroatoms. The molecule has 1 aromatic carbocycles. The van der Waals surface area contributed by atoms with Gasteiger partial charge in [-0.05, 0) is 61.6 Å². The summed E-state index contributed by atoms with van der Waals surface area (Å²) < 4.78 is 0. The van der Waals surface area contributed by atoms with Crippen LogP contribution >= 0.6 is 0 Å². The highest BCUT2D eigenvalue weighted by Gasteiger charge is 2.35. The van der Waals surface area contributed by atoms with E-state index in [0.717, 1.165) is 41.3 Å². The summed E-state index contributed by atoms with van der Waals surface area (Å²) in [6, 6.07) is 9.93. The van der Waals surface area contributed by atoms with Crippen LogP contribution in [0.1, 0.15) is 36.0 Å². The molecule has 0 unspecified atom stereocenters. The van der Waals surface area contributed by atoms with Gasteiger partial charge in [-0.2, -0.15) is 0 Å². The normalized spacial score (nSPS) is 19.1. The van der Waals surface area contributed by atoms with E-state index >= 15 is 0 Å². The van der Waals surface area contributed by atoms with Gasteiger partial charge >= 0.3 is 0 Å². The van der Waals surface area contributed by atoms with Crippen molar-refractivity contribution in [3.05, 3.63) is 53.2 Å². The van der Waals surface area contributed by atoms with E-state index in [0.29, 0.717) is 13.1 Å². The summed E-state index contributed by atoms with van der Waals surface area (Å²) in [6.45, 7) is 7.03. The zero-order valence-electron chi connectivity index (χ0n) is 17.1. The van der Waals surface area contributed by atoms with Crippen molar-refractivity contribution < 1.29 is 9.59 Å². The van der Waals surface area contributed by atoms with E-state index < -0.39 is 0 Å². The van der Waals surface area contributed by atoms with Crippen molar-refractivity contribution in [2.24, 2.45) is 5.92 Å². The Hall–Kier alpha value is -2.89. The van der Waals surface area contributed by atoms with Crippen molar-refractivity contribution in [3.63, 3.8) is 0 Å². The fraction of sp³-hybridized carbons (Fsp3) is 0.435. The van der Waals surface area contributed by atoms with Crippen LogP contribution in [0.2, 0.25) is 0 Å². The molecule has 2 aliphatic rings. The summed E-state index contributed by atoms with van der Waals surface area (Å²) in [5.74, 6) is 0.610. The number of hydrogen-bond donors (Lipinski definition) is 1. The monoisotopic (exact) mass is 392 g/mol. The molecule has 2 aliphatic heterocycles. The number of nitrogens with zero attached hydrogens (tertiary/aromatic N) is 3. The predicted octanol–water partition coefficient (Wildman–Crippen LogP) is 2.97. The van der Waals surface area contributed by atoms with Crippen molar-refractivity contribution >= 4 is 23.3 Å². The van der Waals surface area contributed by atoms with Gasteiger partial charge in [0.25, 0.3) is 0 Å². The first kappa shape index (κ1) is 19.4. The van der Waals surface area contributed by atoms with E-state index in [1.807, 2.05) is 44.2 Å². The van der Waals surface area contributed by atoms with Crippen LogP contribution < -0.4 is 15.1 Å². The lowest BCUT2D eigenvalue weighted by Gasteiger charge is -2.20. The van der Waals surface area contributed by atoms with Gasteiger partial charge in [0.15, 0.2) is 0 Å². The molecule has 2 fully saturated rings. The molecule has 0 spiro atoms. The Morgan fingerprint density at radius 3 is 2.79 bits per heavy atom. The van der Waals surface area contributed by atoms with Crippen molar-refractivity contribution in [3.8, 4) is 0 Å². The van der Waals surface area contributed by atoms with Crippen LogP contribution in [0.25, 0.3) is 0 Å². The van der Waals surface area contributed by atoms with Crippen LogP contribution in [0.3, 0.4) is 0 Å². The maximum atomic E-state index is 12.7. The van der Waals surface area contributed by atoms with Crippen LogP contribution in [0, 0.1) is 19.8 Å². The number of pyridine rings is 1. The van der Waals surface area contributed by atoms with Crippen LogP contribution in [0.4, 0.5) is 11.5 Å². The molecule has 1 N–H and O–H groups in total. The summed E-state index contributed by atoms with van der Waals surface area (Å²) >= 11 is 0. The second-order valence-electron chi connectivity index (χ2n) is 8.06. The molecule has 1 aromatic heterocycles. The molecule has 152 valence electrons. The number of carbonyl (C=O) groups excluding carboxylic acids is 2. The van der Waals surface area contributed by atoms with Gasteiger partial charge in [-0.1, -0.05) is 12.1 Å². The lowest BCUT2D eigenvalue weighted by molar-refractivity contribution is -0.126. The fourth-order valence-electron chi connectivity index (χ4n) is 4.17. The van der Waals surface area contributed by atoms with Crippen LogP contribution in [0.15, 0.2) is 36.5 Å². The van der Waals surface area contributed by atoms with E-state index in [9.17, 15) is 9.59 Å². The zero-order valence-corrected chi connectivity index (χ0v) is 17.1. The number of aromatic nitrogens is 1. The lowest BCUT2D eigenvalue weighted by Crippen LogP contribution is -2.33. The highest BCUT2D eigenvalue weighted by molar-refractivity contribution is 6.00. The Labute approximate surface area is 171 Å². The molecule has 0 bridgehead atoms. The summed E-state index contributed by atoms with van der Waals surface area (Å²) in [6.07, 6.45) is 4.47. The third kappa shape index (κ3) is 4.11. The number of anilines is 2. The maximum Gasteiger partial charge on any atom is 0.227 e. The quantitative estimate of drug-likeness (QED) is 0.850. The molecular weight excluding hydrogens is 364 g/mol. The molecular formula is C23H28N4O2. The van der Waals surface area contributed by atoms with Gasteiger partial charge in [-0.25, -0.2) is 4.98 Å². The molecule has 29 heavy (non-hydrogen) atoms. The Morgan fingerprint density at radius 1 is 1.21 bits per heavy atom. The third-order valence-electron chi connectivity index (χ3n) is 6.07. The van der Waals surface area contributed by atoms with E-state index in [1.54, 1.807) is 11.1 Å². The molecule has 4 rings (SSSR count). The summed E-state index contributed by atoms with van der Waals surface area (Å²) in [7, 11) is 0. The molecule has 0 saturated carbocycles. The van der Waals surface area contributed by atoms with Gasteiger partial charge in [0.2, 0.25) is 11.8 Å². The first-order chi connectivity index (χ1) is 14.0. The largest absolute Gasteiger partial charge is 0.357 e. The minimum atomic E-state index is -0.317. The van der Waals surface area contributed by atoms with Crippen molar-refractivity contribution in [2.75, 3.05) is 29.4 Å². The highest BCUT2D eigenvalue weighted by atomic mass is 16.2. The van der Waals surface area contributed by atoms with Crippen LogP contribution in [-0.2, 0) is 16.1 Å². The Morgan fingerprint density at radius 2 is 2.00 bits per heavy atom. The maximum absolute atomic E-state index is 12.7. The number of nitrogens with one attached hydrogen (secondary N) is 1. The van der Waals surface area contributed by atoms with Gasteiger partial charge in [-0.15, -0.1) is 0 Å². The Kier molecular flexibility index (Phi) is 5.51. The number of hydrogen-bond acceptors (Lipinski definition) is 4. The molecule has 0 radical (unpaired) electrons. The minimum Gasteiger partial charge on any atom is -0.357 e. The molecule has 2 saturated heterocycles. The topological polar surface area (TPSA) is 65.5 Å². The Bertz CT molecular complexity index is 921. The van der Waals surface area contributed by atoms with E-state index in [-0.39, 0.29) is 24.2 Å². The van der Waals surface area contributed by atoms with Crippen molar-refractivity contribution in [2.45, 2.75) is 39.7 Å². The number of rotatable bonds is 5. The lowest BCUT2D eigenvalue weighted by atomic mass is 10.1. The zero-order chi connectivity index (χ0) is 20.4. The van der Waals surface area contributed by atoms with E-state index in [1.165, 1.54) is 12.8 Å². The van der Waals surface area contributed by atoms with Gasteiger partial charge in [0.05, 0.1) is 5.92 Å². The van der Waals surface area contributed by atoms with Crippen LogP contribution in [0.5, 0.6) is 0 Å². The molecule has 2 amide bonds. The minimum absolute atomic E-state index is 0.0130. The SMILES string of the molecule is Cc1cccc(N2C[C@H](C(=O)NCc3ccnc(N4CCCC4)c3)CC2=O)c1C. The number of carbonyl (C=O) groups is 2. The Balaban J connectivity index is 1.38. The van der Waals surface area contributed by atoms with Crippen LogP contribution in [-0.4, -0.2) is 36.4 Å². The second kappa shape index (κ2) is 8.23. The standard InChI is InChI=1S/C23H28N4O2/c1-16-6-5-7-20(17(16)2)27-15-19(13-22(27)28)23(29)25-14-18-8-9-24-21(12-18)26-10-3-4-11-26/h5-9,12,19H,3-4,10-11,13-15H2,1-2H3,(H,25,29)/t19-/m1/s1. The predicted molar refractivity (Wildman–Crippen MR) is 114 cm³/mol. The van der Waals surface area contributed by atoms with Gasteiger partial charge in [-0.3, -0.25) is 9.59 Å². The fourth-order valence-corrected chi connectivity index (χ4v) is 4.17. The second-order valence-corrected chi connectivity index (χ2v) is 8.06. The number of benzene rings is 1. The molecule has 0 aliphatic carbocycles. The van der Waals surface area contributed by atoms with E-state index in [2.05, 4.69) is 15.2 Å². The summed E-state index contributed by atoms with van der Waals surface area (Å²) in [5, 5.41) is 3.01.